The summed E-state index contributed by atoms with van der Waals surface area (Å²) in [6.07, 6.45) is 3.07. The van der Waals surface area contributed by atoms with Gasteiger partial charge in [0.2, 0.25) is 5.91 Å². The lowest BCUT2D eigenvalue weighted by Gasteiger charge is -2.05. The van der Waals surface area contributed by atoms with Crippen molar-refractivity contribution in [3.63, 3.8) is 0 Å². The maximum absolute atomic E-state index is 11.9. The van der Waals surface area contributed by atoms with Gasteiger partial charge in [-0.15, -0.1) is 0 Å². The number of carbonyl (C=O) groups is 2. The van der Waals surface area contributed by atoms with E-state index in [1.807, 2.05) is 31.2 Å². The Morgan fingerprint density at radius 3 is 2.57 bits per heavy atom. The number of nitrogens with one attached hydrogen (secondary N) is 1. The fourth-order valence-electron chi connectivity index (χ4n) is 1.90. The number of hydrogen-bond donors (Lipinski definition) is 2. The summed E-state index contributed by atoms with van der Waals surface area (Å²) < 4.78 is 0. The highest BCUT2D eigenvalue weighted by Gasteiger charge is 2.09. The predicted octanol–water partition coefficient (Wildman–Crippen LogP) is 3.35. The fourth-order valence-corrected chi connectivity index (χ4v) is 1.90. The van der Waals surface area contributed by atoms with Crippen molar-refractivity contribution in [2.45, 2.75) is 6.92 Å². The minimum Gasteiger partial charge on any atom is -0.478 e. The van der Waals surface area contributed by atoms with E-state index in [0.717, 1.165) is 11.1 Å². The second-order valence-electron chi connectivity index (χ2n) is 4.59. The van der Waals surface area contributed by atoms with Gasteiger partial charge in [-0.25, -0.2) is 4.79 Å². The first-order valence-electron chi connectivity index (χ1n) is 6.44. The second-order valence-corrected chi connectivity index (χ2v) is 4.59. The summed E-state index contributed by atoms with van der Waals surface area (Å²) in [5.74, 6) is -1.45. The SMILES string of the molecule is Cc1cccc(C=CC(=O)Nc2ccccc2C(=O)O)c1. The first-order valence-corrected chi connectivity index (χ1v) is 6.44. The zero-order valence-electron chi connectivity index (χ0n) is 11.5. The molecule has 0 aromatic heterocycles. The summed E-state index contributed by atoms with van der Waals surface area (Å²) in [4.78, 5) is 22.9. The lowest BCUT2D eigenvalue weighted by molar-refractivity contribution is -0.111. The molecule has 0 aliphatic heterocycles. The molecule has 1 amide bonds. The lowest BCUT2D eigenvalue weighted by Crippen LogP contribution is -2.11. The highest BCUT2D eigenvalue weighted by Crippen LogP contribution is 2.15. The lowest BCUT2D eigenvalue weighted by atomic mass is 10.1. The Hall–Kier alpha value is -2.88. The maximum Gasteiger partial charge on any atom is 0.337 e. The Balaban J connectivity index is 2.10. The molecule has 0 saturated carbocycles. The molecule has 0 fully saturated rings. The summed E-state index contributed by atoms with van der Waals surface area (Å²) >= 11 is 0. The number of para-hydroxylation sites is 1. The first kappa shape index (κ1) is 14.5. The molecule has 0 atom stereocenters. The van der Waals surface area contributed by atoms with Crippen LogP contribution < -0.4 is 5.32 Å². The minimum absolute atomic E-state index is 0.0646. The second kappa shape index (κ2) is 6.52. The van der Waals surface area contributed by atoms with Crippen LogP contribution in [-0.4, -0.2) is 17.0 Å². The van der Waals surface area contributed by atoms with Crippen molar-refractivity contribution >= 4 is 23.6 Å². The minimum atomic E-state index is -1.08. The number of benzene rings is 2. The van der Waals surface area contributed by atoms with E-state index in [9.17, 15) is 9.59 Å². The van der Waals surface area contributed by atoms with E-state index in [0.29, 0.717) is 0 Å². The molecule has 0 unspecified atom stereocenters. The van der Waals surface area contributed by atoms with Crippen molar-refractivity contribution in [2.24, 2.45) is 0 Å². The highest BCUT2D eigenvalue weighted by molar-refractivity contribution is 6.06. The van der Waals surface area contributed by atoms with Crippen LogP contribution in [0.1, 0.15) is 21.5 Å². The third-order valence-corrected chi connectivity index (χ3v) is 2.88. The summed E-state index contributed by atoms with van der Waals surface area (Å²) in [5, 5.41) is 11.6. The van der Waals surface area contributed by atoms with Crippen LogP contribution in [0.3, 0.4) is 0 Å². The van der Waals surface area contributed by atoms with Gasteiger partial charge in [0.1, 0.15) is 0 Å². The fraction of sp³-hybridized carbons (Fsp3) is 0.0588. The number of anilines is 1. The van der Waals surface area contributed by atoms with E-state index >= 15 is 0 Å². The van der Waals surface area contributed by atoms with E-state index in [-0.39, 0.29) is 17.2 Å². The standard InChI is InChI=1S/C17H15NO3/c1-12-5-4-6-13(11-12)9-10-16(19)18-15-8-3-2-7-14(15)17(20)21/h2-11H,1H3,(H,18,19)(H,20,21). The zero-order chi connectivity index (χ0) is 15.2. The molecule has 0 aliphatic carbocycles. The molecule has 2 aromatic carbocycles. The number of amides is 1. The molecule has 21 heavy (non-hydrogen) atoms. The molecule has 2 aromatic rings. The quantitative estimate of drug-likeness (QED) is 0.845. The van der Waals surface area contributed by atoms with Gasteiger partial charge in [-0.1, -0.05) is 42.0 Å². The van der Waals surface area contributed by atoms with E-state index in [4.69, 9.17) is 5.11 Å². The van der Waals surface area contributed by atoms with Crippen molar-refractivity contribution in [1.82, 2.24) is 0 Å². The molecule has 0 radical (unpaired) electrons. The molecule has 2 rings (SSSR count). The number of carboxylic acid groups (broad SMARTS) is 1. The maximum atomic E-state index is 11.9. The number of hydrogen-bond acceptors (Lipinski definition) is 2. The summed E-state index contributed by atoms with van der Waals surface area (Å²) in [7, 11) is 0. The molecule has 0 heterocycles. The molecular formula is C17H15NO3. The largest absolute Gasteiger partial charge is 0.478 e. The van der Waals surface area contributed by atoms with Crippen molar-refractivity contribution < 1.29 is 14.7 Å². The zero-order valence-corrected chi connectivity index (χ0v) is 11.5. The average molecular weight is 281 g/mol. The summed E-state index contributed by atoms with van der Waals surface area (Å²) in [6.45, 7) is 1.97. The van der Waals surface area contributed by atoms with Crippen LogP contribution >= 0.6 is 0 Å². The van der Waals surface area contributed by atoms with Gasteiger partial charge in [0, 0.05) is 6.08 Å². The third-order valence-electron chi connectivity index (χ3n) is 2.88. The molecule has 0 aliphatic rings. The smallest absolute Gasteiger partial charge is 0.337 e. The van der Waals surface area contributed by atoms with Crippen LogP contribution in [0.2, 0.25) is 0 Å². The molecule has 0 spiro atoms. The molecule has 4 heteroatoms. The van der Waals surface area contributed by atoms with Crippen LogP contribution in [0.5, 0.6) is 0 Å². The number of carbonyl (C=O) groups excluding carboxylic acids is 1. The number of aromatic carboxylic acids is 1. The number of aryl methyl sites for hydroxylation is 1. The van der Waals surface area contributed by atoms with Gasteiger partial charge in [-0.3, -0.25) is 4.79 Å². The summed E-state index contributed by atoms with van der Waals surface area (Å²) in [5.41, 5.74) is 2.36. The van der Waals surface area contributed by atoms with Crippen molar-refractivity contribution in [1.29, 1.82) is 0 Å². The monoisotopic (exact) mass is 281 g/mol. The third kappa shape index (κ3) is 4.04. The van der Waals surface area contributed by atoms with Gasteiger partial charge in [0.25, 0.3) is 0 Å². The van der Waals surface area contributed by atoms with Crippen molar-refractivity contribution in [3.8, 4) is 0 Å². The summed E-state index contributed by atoms with van der Waals surface area (Å²) in [6, 6.07) is 14.0. The van der Waals surface area contributed by atoms with Gasteiger partial charge in [-0.2, -0.15) is 0 Å². The average Bonchev–Trinajstić information content (AvgIpc) is 2.45. The molecule has 2 N–H and O–H groups in total. The van der Waals surface area contributed by atoms with E-state index in [1.165, 1.54) is 12.1 Å². The molecule has 4 nitrogen and oxygen atoms in total. The van der Waals surface area contributed by atoms with Crippen LogP contribution in [0, 0.1) is 6.92 Å². The van der Waals surface area contributed by atoms with Crippen molar-refractivity contribution in [3.05, 3.63) is 71.3 Å². The topological polar surface area (TPSA) is 66.4 Å². The van der Waals surface area contributed by atoms with E-state index in [2.05, 4.69) is 5.32 Å². The molecule has 0 bridgehead atoms. The van der Waals surface area contributed by atoms with Gasteiger partial charge < -0.3 is 10.4 Å². The number of rotatable bonds is 4. The van der Waals surface area contributed by atoms with Crippen LogP contribution in [0.4, 0.5) is 5.69 Å². The normalized spacial score (nSPS) is 10.5. The Labute approximate surface area is 122 Å². The first-order chi connectivity index (χ1) is 10.1. The van der Waals surface area contributed by atoms with E-state index in [1.54, 1.807) is 24.3 Å². The Kier molecular flexibility index (Phi) is 4.51. The van der Waals surface area contributed by atoms with Gasteiger partial charge >= 0.3 is 5.97 Å². The predicted molar refractivity (Wildman–Crippen MR) is 82.2 cm³/mol. The van der Waals surface area contributed by atoms with Gasteiger partial charge in [0.15, 0.2) is 0 Å². The van der Waals surface area contributed by atoms with Crippen LogP contribution in [0.15, 0.2) is 54.6 Å². The Morgan fingerprint density at radius 2 is 1.86 bits per heavy atom. The molecule has 106 valence electrons. The van der Waals surface area contributed by atoms with Gasteiger partial charge in [0.05, 0.1) is 11.3 Å². The van der Waals surface area contributed by atoms with Crippen LogP contribution in [-0.2, 0) is 4.79 Å². The Bertz CT molecular complexity index is 705. The van der Waals surface area contributed by atoms with Crippen LogP contribution in [0.25, 0.3) is 6.08 Å². The number of carboxylic acids is 1. The van der Waals surface area contributed by atoms with Crippen molar-refractivity contribution in [2.75, 3.05) is 5.32 Å². The highest BCUT2D eigenvalue weighted by atomic mass is 16.4. The van der Waals surface area contributed by atoms with Gasteiger partial charge in [-0.05, 0) is 30.7 Å². The molecule has 0 saturated heterocycles. The Morgan fingerprint density at radius 1 is 1.10 bits per heavy atom. The van der Waals surface area contributed by atoms with E-state index < -0.39 is 5.97 Å². The molecular weight excluding hydrogens is 266 g/mol.